The summed E-state index contributed by atoms with van der Waals surface area (Å²) in [6.07, 6.45) is 2.59. The Balaban J connectivity index is 1.44. The molecule has 0 amide bonds. The number of thiophene rings is 1. The highest BCUT2D eigenvalue weighted by Gasteiger charge is 2.15. The normalized spacial score (nSPS) is 16.1. The van der Waals surface area contributed by atoms with E-state index in [0.29, 0.717) is 16.7 Å². The van der Waals surface area contributed by atoms with Gasteiger partial charge in [-0.1, -0.05) is 17.7 Å². The molecule has 0 unspecified atom stereocenters. The number of nitrogens with two attached hydrogens (primary N) is 1. The molecule has 1 aromatic carbocycles. The number of sulfonamides is 1. The Kier molecular flexibility index (Phi) is 6.75. The maximum absolute atomic E-state index is 11.6. The van der Waals surface area contributed by atoms with Crippen molar-refractivity contribution in [2.24, 2.45) is 5.14 Å². The molecule has 31 heavy (non-hydrogen) atoms. The second kappa shape index (κ2) is 9.35. The summed E-state index contributed by atoms with van der Waals surface area (Å²) in [5, 5.41) is 9.88. The number of aromatic nitrogens is 2. The van der Waals surface area contributed by atoms with Gasteiger partial charge in [0.1, 0.15) is 5.69 Å². The molecule has 4 rings (SSSR count). The lowest BCUT2D eigenvalue weighted by Crippen LogP contribution is -2.44. The number of fused-ring (bicyclic) bond motifs is 1. The van der Waals surface area contributed by atoms with Gasteiger partial charge >= 0.3 is 0 Å². The Bertz CT molecular complexity index is 1180. The van der Waals surface area contributed by atoms with Gasteiger partial charge in [-0.2, -0.15) is 0 Å². The Morgan fingerprint density at radius 2 is 2.00 bits per heavy atom. The molecule has 1 aliphatic heterocycles. The Morgan fingerprint density at radius 1 is 1.23 bits per heavy atom. The third kappa shape index (κ3) is 5.51. The summed E-state index contributed by atoms with van der Waals surface area (Å²) in [5.74, 6) is 0.528. The second-order valence-corrected chi connectivity index (χ2v) is 10.7. The van der Waals surface area contributed by atoms with E-state index in [1.807, 2.05) is 6.07 Å². The van der Waals surface area contributed by atoms with Crippen LogP contribution in [0, 0.1) is 0 Å². The van der Waals surface area contributed by atoms with Crippen molar-refractivity contribution < 1.29 is 8.42 Å². The van der Waals surface area contributed by atoms with E-state index in [9.17, 15) is 8.42 Å². The number of nitrogens with one attached hydrogen (secondary N) is 1. The van der Waals surface area contributed by atoms with Crippen molar-refractivity contribution in [3.8, 4) is 10.6 Å². The van der Waals surface area contributed by atoms with Crippen LogP contribution in [0.2, 0.25) is 5.02 Å². The van der Waals surface area contributed by atoms with Gasteiger partial charge in [0.2, 0.25) is 16.0 Å². The highest BCUT2D eigenvalue weighted by molar-refractivity contribution is 7.89. The minimum Gasteiger partial charge on any atom is -0.354 e. The highest BCUT2D eigenvalue weighted by atomic mass is 35.5. The Morgan fingerprint density at radius 3 is 2.74 bits per heavy atom. The van der Waals surface area contributed by atoms with Gasteiger partial charge in [-0.15, -0.1) is 11.3 Å². The fourth-order valence-corrected chi connectivity index (χ4v) is 5.47. The zero-order valence-electron chi connectivity index (χ0n) is 17.2. The monoisotopic (exact) mass is 480 g/mol. The molecule has 3 aromatic rings. The van der Waals surface area contributed by atoms with Gasteiger partial charge in [0.05, 0.1) is 21.0 Å². The highest BCUT2D eigenvalue weighted by Crippen LogP contribution is 2.36. The molecule has 2 aromatic heterocycles. The van der Waals surface area contributed by atoms with Gasteiger partial charge in [0.15, 0.2) is 0 Å². The predicted molar refractivity (Wildman–Crippen MR) is 126 cm³/mol. The molecule has 0 saturated carbocycles. The van der Waals surface area contributed by atoms with Crippen LogP contribution < -0.4 is 10.5 Å². The molecule has 0 aliphatic carbocycles. The molecule has 3 heterocycles. The molecule has 166 valence electrons. The van der Waals surface area contributed by atoms with E-state index in [1.165, 1.54) is 17.4 Å². The number of hydrogen-bond donors (Lipinski definition) is 2. The van der Waals surface area contributed by atoms with Gasteiger partial charge < -0.3 is 15.1 Å². The first-order valence-corrected chi connectivity index (χ1v) is 12.8. The lowest BCUT2D eigenvalue weighted by molar-refractivity contribution is 0.154. The number of likely N-dealkylation sites (N-methyl/N-ethyl adjacent to an activating group) is 1. The molecule has 0 spiro atoms. The van der Waals surface area contributed by atoms with Crippen LogP contribution in [0.1, 0.15) is 6.42 Å². The van der Waals surface area contributed by atoms with E-state index in [2.05, 4.69) is 32.1 Å². The van der Waals surface area contributed by atoms with Gasteiger partial charge in [-0.25, -0.2) is 23.5 Å². The minimum atomic E-state index is -3.75. The molecule has 0 atom stereocenters. The van der Waals surface area contributed by atoms with E-state index in [1.54, 1.807) is 18.3 Å². The summed E-state index contributed by atoms with van der Waals surface area (Å²) < 4.78 is 24.0. The standard InChI is InChI=1S/C20H25ClN6O2S2/c1-26-7-9-27(10-8-26)6-2-5-23-20-24-13-16(21)19(25-20)18-11-14-3-4-15(31(22,28)29)12-17(14)30-18/h3-4,11-13H,2,5-10H2,1H3,(H2,22,28,29)(H,23,24,25). The number of halogens is 1. The van der Waals surface area contributed by atoms with Crippen LogP contribution >= 0.6 is 22.9 Å². The van der Waals surface area contributed by atoms with Crippen molar-refractivity contribution >= 4 is 49.0 Å². The number of anilines is 1. The Labute approximate surface area is 191 Å². The van der Waals surface area contributed by atoms with Crippen molar-refractivity contribution in [2.45, 2.75) is 11.3 Å². The van der Waals surface area contributed by atoms with Crippen LogP contribution in [0.3, 0.4) is 0 Å². The second-order valence-electron chi connectivity index (χ2n) is 7.67. The first-order chi connectivity index (χ1) is 14.8. The van der Waals surface area contributed by atoms with Gasteiger partial charge in [-0.05, 0) is 43.6 Å². The maximum Gasteiger partial charge on any atom is 0.238 e. The molecule has 8 nitrogen and oxygen atoms in total. The third-order valence-corrected chi connectivity index (χ3v) is 7.62. The zero-order valence-corrected chi connectivity index (χ0v) is 19.6. The number of primary sulfonamides is 1. The van der Waals surface area contributed by atoms with E-state index >= 15 is 0 Å². The van der Waals surface area contributed by atoms with Crippen molar-refractivity contribution in [1.29, 1.82) is 0 Å². The van der Waals surface area contributed by atoms with Gasteiger partial charge in [0, 0.05) is 37.4 Å². The molecule has 1 fully saturated rings. The van der Waals surface area contributed by atoms with Crippen LogP contribution in [0.15, 0.2) is 35.4 Å². The average molecular weight is 481 g/mol. The summed E-state index contributed by atoms with van der Waals surface area (Å²) in [5.41, 5.74) is 0.622. The molecule has 0 bridgehead atoms. The van der Waals surface area contributed by atoms with E-state index < -0.39 is 10.0 Å². The van der Waals surface area contributed by atoms with Crippen LogP contribution in [-0.4, -0.2) is 74.5 Å². The van der Waals surface area contributed by atoms with Crippen LogP contribution in [0.4, 0.5) is 5.95 Å². The molecule has 11 heteroatoms. The first-order valence-electron chi connectivity index (χ1n) is 10.0. The molecule has 0 radical (unpaired) electrons. The maximum atomic E-state index is 11.6. The summed E-state index contributed by atoms with van der Waals surface area (Å²) in [7, 11) is -1.59. The summed E-state index contributed by atoms with van der Waals surface area (Å²) in [4.78, 5) is 14.6. The molecular formula is C20H25ClN6O2S2. The largest absolute Gasteiger partial charge is 0.354 e. The molecular weight excluding hydrogens is 456 g/mol. The third-order valence-electron chi connectivity index (χ3n) is 5.33. The molecule has 1 aliphatic rings. The summed E-state index contributed by atoms with van der Waals surface area (Å²) >= 11 is 7.78. The summed E-state index contributed by atoms with van der Waals surface area (Å²) in [6, 6.07) is 6.76. The predicted octanol–water partition coefficient (Wildman–Crippen LogP) is 2.71. The van der Waals surface area contributed by atoms with E-state index in [-0.39, 0.29) is 4.90 Å². The number of nitrogens with zero attached hydrogens (tertiary/aromatic N) is 4. The van der Waals surface area contributed by atoms with Crippen LogP contribution in [-0.2, 0) is 10.0 Å². The number of benzene rings is 1. The average Bonchev–Trinajstić information content (AvgIpc) is 3.16. The van der Waals surface area contributed by atoms with Crippen molar-refractivity contribution in [2.75, 3.05) is 51.6 Å². The summed E-state index contributed by atoms with van der Waals surface area (Å²) in [6.45, 7) is 6.27. The van der Waals surface area contributed by atoms with E-state index in [0.717, 1.165) is 60.7 Å². The fraction of sp³-hybridized carbons (Fsp3) is 0.400. The Hall–Kier alpha value is -1.82. The van der Waals surface area contributed by atoms with Crippen molar-refractivity contribution in [1.82, 2.24) is 19.8 Å². The van der Waals surface area contributed by atoms with Crippen molar-refractivity contribution in [3.63, 3.8) is 0 Å². The van der Waals surface area contributed by atoms with Gasteiger partial charge in [0.25, 0.3) is 0 Å². The van der Waals surface area contributed by atoms with Crippen LogP contribution in [0.5, 0.6) is 0 Å². The zero-order chi connectivity index (χ0) is 22.0. The van der Waals surface area contributed by atoms with E-state index in [4.69, 9.17) is 16.7 Å². The molecule has 1 saturated heterocycles. The van der Waals surface area contributed by atoms with Crippen molar-refractivity contribution in [3.05, 3.63) is 35.5 Å². The SMILES string of the molecule is CN1CCN(CCCNc2ncc(Cl)c(-c3cc4ccc(S(N)(=O)=O)cc4s3)n2)CC1. The quantitative estimate of drug-likeness (QED) is 0.501. The lowest BCUT2D eigenvalue weighted by Gasteiger charge is -2.32. The first kappa shape index (κ1) is 22.4. The number of rotatable bonds is 7. The smallest absolute Gasteiger partial charge is 0.238 e. The fourth-order valence-electron chi connectivity index (χ4n) is 3.50. The topological polar surface area (TPSA) is 104 Å². The molecule has 3 N–H and O–H groups in total. The van der Waals surface area contributed by atoms with Gasteiger partial charge in [-0.3, -0.25) is 0 Å². The number of hydrogen-bond acceptors (Lipinski definition) is 8. The number of piperazine rings is 1. The van der Waals surface area contributed by atoms with Crippen LogP contribution in [0.25, 0.3) is 20.7 Å². The minimum absolute atomic E-state index is 0.0879. The lowest BCUT2D eigenvalue weighted by atomic mass is 10.2.